The largest absolute Gasteiger partial charge is 0.447 e. The van der Waals surface area contributed by atoms with E-state index < -0.39 is 0 Å². The minimum absolute atomic E-state index is 0.265. The molecular weight excluding hydrogens is 370 g/mol. The summed E-state index contributed by atoms with van der Waals surface area (Å²) in [6, 6.07) is 17.6. The van der Waals surface area contributed by atoms with Gasteiger partial charge in [0.05, 0.1) is 6.54 Å². The van der Waals surface area contributed by atoms with Crippen molar-refractivity contribution in [1.29, 1.82) is 0 Å². The predicted molar refractivity (Wildman–Crippen MR) is 110 cm³/mol. The van der Waals surface area contributed by atoms with Gasteiger partial charge in [-0.05, 0) is 36.2 Å². The summed E-state index contributed by atoms with van der Waals surface area (Å²) in [5.41, 5.74) is 2.91. The highest BCUT2D eigenvalue weighted by Crippen LogP contribution is 2.24. The quantitative estimate of drug-likeness (QED) is 0.793. The van der Waals surface area contributed by atoms with E-state index in [9.17, 15) is 9.59 Å². The van der Waals surface area contributed by atoms with Crippen molar-refractivity contribution < 1.29 is 19.1 Å². The molecule has 0 saturated carbocycles. The standard InChI is InChI=1S/C22H25N3O4/c26-21(29-17-18-5-2-1-3-6-18)24-12-4-11-23(13-14-24)19-7-9-20(10-8-19)25-15-16-28-22(25)27/h1-3,5-10H,4,11-17H2. The van der Waals surface area contributed by atoms with E-state index in [0.29, 0.717) is 32.8 Å². The second kappa shape index (κ2) is 8.86. The zero-order valence-corrected chi connectivity index (χ0v) is 16.3. The van der Waals surface area contributed by atoms with Crippen molar-refractivity contribution in [3.63, 3.8) is 0 Å². The Morgan fingerprint density at radius 2 is 1.66 bits per heavy atom. The molecule has 4 rings (SSSR count). The van der Waals surface area contributed by atoms with Crippen LogP contribution in [0.15, 0.2) is 54.6 Å². The molecule has 0 unspecified atom stereocenters. The molecule has 152 valence electrons. The Morgan fingerprint density at radius 1 is 0.897 bits per heavy atom. The molecular formula is C22H25N3O4. The number of carbonyl (C=O) groups excluding carboxylic acids is 2. The molecule has 0 aromatic heterocycles. The summed E-state index contributed by atoms with van der Waals surface area (Å²) in [6.45, 7) is 4.22. The Kier molecular flexibility index (Phi) is 5.84. The van der Waals surface area contributed by atoms with Crippen LogP contribution in [-0.2, 0) is 16.1 Å². The lowest BCUT2D eigenvalue weighted by Gasteiger charge is -2.24. The Hall–Kier alpha value is -3.22. The number of carbonyl (C=O) groups is 2. The maximum absolute atomic E-state index is 12.4. The van der Waals surface area contributed by atoms with E-state index in [1.54, 1.807) is 9.80 Å². The molecule has 2 aromatic carbocycles. The van der Waals surface area contributed by atoms with Crippen LogP contribution in [0.5, 0.6) is 0 Å². The SMILES string of the molecule is O=C(OCc1ccccc1)N1CCCN(c2ccc(N3CCOC3=O)cc2)CC1. The summed E-state index contributed by atoms with van der Waals surface area (Å²) in [4.78, 5) is 29.8. The van der Waals surface area contributed by atoms with Crippen LogP contribution in [0.25, 0.3) is 0 Å². The lowest BCUT2D eigenvalue weighted by atomic mass is 10.2. The van der Waals surface area contributed by atoms with Crippen molar-refractivity contribution in [3.8, 4) is 0 Å². The first-order chi connectivity index (χ1) is 14.2. The van der Waals surface area contributed by atoms with Crippen molar-refractivity contribution >= 4 is 23.6 Å². The van der Waals surface area contributed by atoms with Gasteiger partial charge in [-0.3, -0.25) is 4.90 Å². The summed E-state index contributed by atoms with van der Waals surface area (Å²) in [5.74, 6) is 0. The molecule has 0 atom stereocenters. The van der Waals surface area contributed by atoms with Crippen molar-refractivity contribution in [2.75, 3.05) is 49.1 Å². The number of nitrogens with zero attached hydrogens (tertiary/aromatic N) is 3. The Bertz CT molecular complexity index is 841. The molecule has 0 bridgehead atoms. The van der Waals surface area contributed by atoms with Crippen LogP contribution in [0.3, 0.4) is 0 Å². The van der Waals surface area contributed by atoms with Gasteiger partial charge in [0.2, 0.25) is 0 Å². The monoisotopic (exact) mass is 395 g/mol. The minimum Gasteiger partial charge on any atom is -0.447 e. The molecule has 7 heteroatoms. The third-order valence-corrected chi connectivity index (χ3v) is 5.25. The molecule has 0 N–H and O–H groups in total. The minimum atomic E-state index is -0.294. The van der Waals surface area contributed by atoms with Gasteiger partial charge in [0.1, 0.15) is 13.2 Å². The first kappa shape index (κ1) is 19.1. The second-order valence-electron chi connectivity index (χ2n) is 7.15. The number of rotatable bonds is 4. The Balaban J connectivity index is 1.31. The topological polar surface area (TPSA) is 62.3 Å². The molecule has 2 saturated heterocycles. The fourth-order valence-corrected chi connectivity index (χ4v) is 3.64. The Morgan fingerprint density at radius 3 is 2.38 bits per heavy atom. The zero-order valence-electron chi connectivity index (χ0n) is 16.3. The third kappa shape index (κ3) is 4.62. The van der Waals surface area contributed by atoms with Gasteiger partial charge in [0, 0.05) is 37.6 Å². The maximum atomic E-state index is 12.4. The lowest BCUT2D eigenvalue weighted by Crippen LogP contribution is -2.35. The molecule has 2 aromatic rings. The number of benzene rings is 2. The van der Waals surface area contributed by atoms with Gasteiger partial charge >= 0.3 is 12.2 Å². The number of cyclic esters (lactones) is 1. The summed E-state index contributed by atoms with van der Waals surface area (Å²) in [5, 5.41) is 0. The highest BCUT2D eigenvalue weighted by molar-refractivity contribution is 5.89. The van der Waals surface area contributed by atoms with E-state index in [1.165, 1.54) is 0 Å². The molecule has 7 nitrogen and oxygen atoms in total. The molecule has 29 heavy (non-hydrogen) atoms. The third-order valence-electron chi connectivity index (χ3n) is 5.25. The molecule has 2 heterocycles. The van der Waals surface area contributed by atoms with Gasteiger partial charge in [-0.15, -0.1) is 0 Å². The molecule has 0 aliphatic carbocycles. The van der Waals surface area contributed by atoms with Crippen LogP contribution in [0.2, 0.25) is 0 Å². The van der Waals surface area contributed by atoms with Crippen LogP contribution in [0.4, 0.5) is 21.0 Å². The second-order valence-corrected chi connectivity index (χ2v) is 7.15. The first-order valence-electron chi connectivity index (χ1n) is 9.96. The highest BCUT2D eigenvalue weighted by Gasteiger charge is 2.24. The lowest BCUT2D eigenvalue weighted by molar-refractivity contribution is 0.0986. The van der Waals surface area contributed by atoms with Crippen molar-refractivity contribution in [2.45, 2.75) is 13.0 Å². The number of anilines is 2. The summed E-state index contributed by atoms with van der Waals surface area (Å²) in [7, 11) is 0. The fraction of sp³-hybridized carbons (Fsp3) is 0.364. The number of hydrogen-bond donors (Lipinski definition) is 0. The van der Waals surface area contributed by atoms with E-state index in [-0.39, 0.29) is 12.2 Å². The molecule has 2 amide bonds. The zero-order chi connectivity index (χ0) is 20.1. The van der Waals surface area contributed by atoms with Gasteiger partial charge in [0.15, 0.2) is 0 Å². The number of hydrogen-bond acceptors (Lipinski definition) is 5. The van der Waals surface area contributed by atoms with Gasteiger partial charge in [-0.2, -0.15) is 0 Å². The summed E-state index contributed by atoms with van der Waals surface area (Å²) >= 11 is 0. The first-order valence-corrected chi connectivity index (χ1v) is 9.96. The van der Waals surface area contributed by atoms with Crippen LogP contribution < -0.4 is 9.80 Å². The van der Waals surface area contributed by atoms with Crippen LogP contribution in [0.1, 0.15) is 12.0 Å². The maximum Gasteiger partial charge on any atom is 0.414 e. The highest BCUT2D eigenvalue weighted by atomic mass is 16.6. The number of amides is 2. The molecule has 2 aliphatic heterocycles. The smallest absolute Gasteiger partial charge is 0.414 e. The Labute approximate surface area is 170 Å². The molecule has 0 spiro atoms. The van der Waals surface area contributed by atoms with E-state index in [0.717, 1.165) is 36.4 Å². The van der Waals surface area contributed by atoms with Gasteiger partial charge in [0.25, 0.3) is 0 Å². The fourth-order valence-electron chi connectivity index (χ4n) is 3.64. The molecule has 2 aliphatic rings. The van der Waals surface area contributed by atoms with Crippen LogP contribution >= 0.6 is 0 Å². The van der Waals surface area contributed by atoms with Crippen molar-refractivity contribution in [1.82, 2.24) is 4.90 Å². The van der Waals surface area contributed by atoms with E-state index in [1.807, 2.05) is 54.6 Å². The average molecular weight is 395 g/mol. The van der Waals surface area contributed by atoms with Crippen LogP contribution in [0, 0.1) is 0 Å². The van der Waals surface area contributed by atoms with Gasteiger partial charge < -0.3 is 19.3 Å². The van der Waals surface area contributed by atoms with Gasteiger partial charge in [-0.25, -0.2) is 9.59 Å². The van der Waals surface area contributed by atoms with E-state index in [2.05, 4.69) is 4.90 Å². The van der Waals surface area contributed by atoms with Gasteiger partial charge in [-0.1, -0.05) is 30.3 Å². The van der Waals surface area contributed by atoms with E-state index in [4.69, 9.17) is 9.47 Å². The summed E-state index contributed by atoms with van der Waals surface area (Å²) in [6.07, 6.45) is 0.316. The van der Waals surface area contributed by atoms with Crippen LogP contribution in [-0.4, -0.2) is 56.4 Å². The number of ether oxygens (including phenoxy) is 2. The predicted octanol–water partition coefficient (Wildman–Crippen LogP) is 3.49. The summed E-state index contributed by atoms with van der Waals surface area (Å²) < 4.78 is 10.5. The molecule has 0 radical (unpaired) electrons. The van der Waals surface area contributed by atoms with Crippen molar-refractivity contribution in [3.05, 3.63) is 60.2 Å². The van der Waals surface area contributed by atoms with Crippen molar-refractivity contribution in [2.24, 2.45) is 0 Å². The molecule has 2 fully saturated rings. The van der Waals surface area contributed by atoms with E-state index >= 15 is 0 Å². The average Bonchev–Trinajstić information content (AvgIpc) is 3.04. The normalized spacial score (nSPS) is 17.1.